The normalized spacial score (nSPS) is 15.3. The molecule has 0 unspecified atom stereocenters. The summed E-state index contributed by atoms with van der Waals surface area (Å²) >= 11 is 0. The van der Waals surface area contributed by atoms with Crippen LogP contribution in [0.4, 0.5) is 16.2 Å². The average molecular weight is 418 g/mol. The SMILES string of the molecule is COC(=O)Nc1ccc(S(=O)(=O)Nc2ccc(CN3CCCCCC3)cc2)cc1. The Morgan fingerprint density at radius 1 is 0.931 bits per heavy atom. The number of amides is 1. The zero-order valence-corrected chi connectivity index (χ0v) is 17.4. The maximum absolute atomic E-state index is 12.6. The molecule has 0 bridgehead atoms. The lowest BCUT2D eigenvalue weighted by molar-refractivity contribution is 0.187. The van der Waals surface area contributed by atoms with Gasteiger partial charge in [0.25, 0.3) is 10.0 Å². The molecule has 0 atom stereocenters. The highest BCUT2D eigenvalue weighted by Crippen LogP contribution is 2.20. The summed E-state index contributed by atoms with van der Waals surface area (Å²) < 4.78 is 32.3. The standard InChI is InChI=1S/C21H27N3O4S/c1-28-21(25)22-18-10-12-20(13-11-18)29(26,27)23-19-8-6-17(7-9-19)16-24-14-4-2-3-5-15-24/h6-13,23H,2-5,14-16H2,1H3,(H,22,25). The Labute approximate surface area is 172 Å². The van der Waals surface area contributed by atoms with Crippen molar-refractivity contribution in [3.63, 3.8) is 0 Å². The first kappa shape index (κ1) is 21.1. The Bertz CT molecular complexity index is 904. The Morgan fingerprint density at radius 2 is 1.52 bits per heavy atom. The van der Waals surface area contributed by atoms with E-state index in [1.807, 2.05) is 12.1 Å². The van der Waals surface area contributed by atoms with E-state index in [9.17, 15) is 13.2 Å². The maximum Gasteiger partial charge on any atom is 0.411 e. The van der Waals surface area contributed by atoms with Gasteiger partial charge in [0.2, 0.25) is 0 Å². The lowest BCUT2D eigenvalue weighted by atomic mass is 10.2. The number of carbonyl (C=O) groups excluding carboxylic acids is 1. The summed E-state index contributed by atoms with van der Waals surface area (Å²) in [6, 6.07) is 13.4. The zero-order chi connectivity index (χ0) is 20.7. The summed E-state index contributed by atoms with van der Waals surface area (Å²) in [4.78, 5) is 13.8. The van der Waals surface area contributed by atoms with Crippen LogP contribution in [0.1, 0.15) is 31.2 Å². The van der Waals surface area contributed by atoms with Gasteiger partial charge in [0.1, 0.15) is 0 Å². The highest BCUT2D eigenvalue weighted by molar-refractivity contribution is 7.92. The van der Waals surface area contributed by atoms with Gasteiger partial charge >= 0.3 is 6.09 Å². The predicted molar refractivity (Wildman–Crippen MR) is 113 cm³/mol. The van der Waals surface area contributed by atoms with Crippen molar-refractivity contribution in [2.75, 3.05) is 30.2 Å². The third-order valence-corrected chi connectivity index (χ3v) is 6.30. The monoisotopic (exact) mass is 417 g/mol. The molecule has 2 N–H and O–H groups in total. The molecule has 1 heterocycles. The minimum atomic E-state index is -3.71. The van der Waals surface area contributed by atoms with Gasteiger partial charge < -0.3 is 4.74 Å². The average Bonchev–Trinajstić information content (AvgIpc) is 2.98. The third-order valence-electron chi connectivity index (χ3n) is 4.91. The third kappa shape index (κ3) is 6.20. The first-order valence-electron chi connectivity index (χ1n) is 9.75. The van der Waals surface area contributed by atoms with Crippen LogP contribution in [0.15, 0.2) is 53.4 Å². The number of sulfonamides is 1. The van der Waals surface area contributed by atoms with Crippen LogP contribution in [0.2, 0.25) is 0 Å². The number of anilines is 2. The molecular formula is C21H27N3O4S. The molecule has 0 saturated carbocycles. The van der Waals surface area contributed by atoms with Gasteiger partial charge in [-0.1, -0.05) is 25.0 Å². The van der Waals surface area contributed by atoms with E-state index < -0.39 is 16.1 Å². The molecule has 1 saturated heterocycles. The Morgan fingerprint density at radius 3 is 2.10 bits per heavy atom. The van der Waals surface area contributed by atoms with Crippen LogP contribution in [0.25, 0.3) is 0 Å². The molecule has 1 aliphatic rings. The van der Waals surface area contributed by atoms with Crippen molar-refractivity contribution < 1.29 is 17.9 Å². The van der Waals surface area contributed by atoms with Gasteiger partial charge in [-0.3, -0.25) is 14.9 Å². The molecule has 0 spiro atoms. The molecule has 0 radical (unpaired) electrons. The van der Waals surface area contributed by atoms with Crippen molar-refractivity contribution in [1.29, 1.82) is 0 Å². The van der Waals surface area contributed by atoms with Crippen LogP contribution in [0, 0.1) is 0 Å². The van der Waals surface area contributed by atoms with E-state index in [1.54, 1.807) is 12.1 Å². The second-order valence-electron chi connectivity index (χ2n) is 7.13. The van der Waals surface area contributed by atoms with Crippen LogP contribution in [0.5, 0.6) is 0 Å². The zero-order valence-electron chi connectivity index (χ0n) is 16.6. The number of carbonyl (C=O) groups is 1. The first-order valence-corrected chi connectivity index (χ1v) is 11.2. The largest absolute Gasteiger partial charge is 0.453 e. The molecule has 29 heavy (non-hydrogen) atoms. The van der Waals surface area contributed by atoms with Gasteiger partial charge in [0.05, 0.1) is 12.0 Å². The fraction of sp³-hybridized carbons (Fsp3) is 0.381. The van der Waals surface area contributed by atoms with E-state index in [0.717, 1.165) is 19.6 Å². The molecule has 2 aromatic carbocycles. The number of nitrogens with one attached hydrogen (secondary N) is 2. The summed E-state index contributed by atoms with van der Waals surface area (Å²) in [7, 11) is -2.45. The lowest BCUT2D eigenvalue weighted by Gasteiger charge is -2.19. The van der Waals surface area contributed by atoms with E-state index >= 15 is 0 Å². The van der Waals surface area contributed by atoms with Crippen molar-refractivity contribution in [2.45, 2.75) is 37.1 Å². The fourth-order valence-corrected chi connectivity index (χ4v) is 4.39. The van der Waals surface area contributed by atoms with E-state index in [0.29, 0.717) is 11.4 Å². The van der Waals surface area contributed by atoms with Crippen LogP contribution >= 0.6 is 0 Å². The summed E-state index contributed by atoms with van der Waals surface area (Å²) in [5, 5.41) is 2.48. The molecule has 8 heteroatoms. The van der Waals surface area contributed by atoms with Gasteiger partial charge in [-0.05, 0) is 67.9 Å². The van der Waals surface area contributed by atoms with Gasteiger partial charge in [-0.2, -0.15) is 0 Å². The van der Waals surface area contributed by atoms with Gasteiger partial charge in [0.15, 0.2) is 0 Å². The van der Waals surface area contributed by atoms with Crippen LogP contribution in [-0.4, -0.2) is 39.6 Å². The highest BCUT2D eigenvalue weighted by Gasteiger charge is 2.15. The Balaban J connectivity index is 1.61. The van der Waals surface area contributed by atoms with Crippen molar-refractivity contribution in [3.05, 3.63) is 54.1 Å². The fourth-order valence-electron chi connectivity index (χ4n) is 3.33. The molecule has 0 aliphatic carbocycles. The molecule has 156 valence electrons. The smallest absolute Gasteiger partial charge is 0.411 e. The highest BCUT2D eigenvalue weighted by atomic mass is 32.2. The number of methoxy groups -OCH3 is 1. The molecule has 2 aromatic rings. The molecule has 1 fully saturated rings. The molecule has 1 aliphatic heterocycles. The number of rotatable bonds is 6. The summed E-state index contributed by atoms with van der Waals surface area (Å²) in [5.41, 5.74) is 2.14. The van der Waals surface area contributed by atoms with Crippen LogP contribution < -0.4 is 10.0 Å². The van der Waals surface area contributed by atoms with Crippen LogP contribution in [-0.2, 0) is 21.3 Å². The summed E-state index contributed by atoms with van der Waals surface area (Å²) in [6.45, 7) is 3.13. The number of hydrogen-bond donors (Lipinski definition) is 2. The topological polar surface area (TPSA) is 87.7 Å². The number of hydrogen-bond acceptors (Lipinski definition) is 5. The second kappa shape index (κ2) is 9.76. The lowest BCUT2D eigenvalue weighted by Crippen LogP contribution is -2.23. The summed E-state index contributed by atoms with van der Waals surface area (Å²) in [6.07, 6.45) is 4.48. The van der Waals surface area contributed by atoms with E-state index in [1.165, 1.54) is 62.6 Å². The minimum absolute atomic E-state index is 0.113. The van der Waals surface area contributed by atoms with Gasteiger partial charge in [0, 0.05) is 17.9 Å². The maximum atomic E-state index is 12.6. The summed E-state index contributed by atoms with van der Waals surface area (Å²) in [5.74, 6) is 0. The molecule has 1 amide bonds. The van der Waals surface area contributed by atoms with Crippen LogP contribution in [0.3, 0.4) is 0 Å². The van der Waals surface area contributed by atoms with Gasteiger partial charge in [-0.25, -0.2) is 13.2 Å². The first-order chi connectivity index (χ1) is 14.0. The molecule has 7 nitrogen and oxygen atoms in total. The quantitative estimate of drug-likeness (QED) is 0.741. The molecule has 3 rings (SSSR count). The number of likely N-dealkylation sites (tertiary alicyclic amines) is 1. The second-order valence-corrected chi connectivity index (χ2v) is 8.82. The minimum Gasteiger partial charge on any atom is -0.453 e. The molecular weight excluding hydrogens is 390 g/mol. The predicted octanol–water partition coefficient (Wildman–Crippen LogP) is 4.04. The number of ether oxygens (including phenoxy) is 1. The Hall–Kier alpha value is -2.58. The molecule has 0 aromatic heterocycles. The van der Waals surface area contributed by atoms with E-state index in [2.05, 4.69) is 19.7 Å². The van der Waals surface area contributed by atoms with Gasteiger partial charge in [-0.15, -0.1) is 0 Å². The van der Waals surface area contributed by atoms with E-state index in [4.69, 9.17) is 0 Å². The van der Waals surface area contributed by atoms with E-state index in [-0.39, 0.29) is 4.90 Å². The van der Waals surface area contributed by atoms with Crippen molar-refractivity contribution in [1.82, 2.24) is 4.90 Å². The number of nitrogens with zero attached hydrogens (tertiary/aromatic N) is 1. The van der Waals surface area contributed by atoms with Crippen molar-refractivity contribution in [2.24, 2.45) is 0 Å². The van der Waals surface area contributed by atoms with Crippen molar-refractivity contribution >= 4 is 27.5 Å². The number of benzene rings is 2. The Kier molecular flexibility index (Phi) is 7.11. The van der Waals surface area contributed by atoms with Crippen molar-refractivity contribution in [3.8, 4) is 0 Å².